The molecule has 0 aliphatic rings. The summed E-state index contributed by atoms with van der Waals surface area (Å²) in [4.78, 5) is 15.1. The Kier molecular flexibility index (Phi) is 4.60. The Hall–Kier alpha value is -3.42. The number of aromatic nitrogens is 2. The quantitative estimate of drug-likeness (QED) is 0.538. The molecular weight excluding hydrogens is 324 g/mol. The SMILES string of the molecule is CCNc1ccc(-c2nc(-c3ccc(OC)cc3)no2)cc1[N+](=O)[O-]. The number of rotatable bonds is 6. The van der Waals surface area contributed by atoms with Crippen molar-refractivity contribution in [2.24, 2.45) is 0 Å². The van der Waals surface area contributed by atoms with Crippen molar-refractivity contribution in [3.05, 3.63) is 52.6 Å². The fourth-order valence-corrected chi connectivity index (χ4v) is 2.35. The van der Waals surface area contributed by atoms with Gasteiger partial charge in [0.05, 0.1) is 12.0 Å². The highest BCUT2D eigenvalue weighted by atomic mass is 16.6. The van der Waals surface area contributed by atoms with E-state index in [-0.39, 0.29) is 11.6 Å². The first-order valence-corrected chi connectivity index (χ1v) is 7.63. The maximum Gasteiger partial charge on any atom is 0.293 e. The lowest BCUT2D eigenvalue weighted by Gasteiger charge is -2.04. The fourth-order valence-electron chi connectivity index (χ4n) is 2.35. The molecule has 8 nitrogen and oxygen atoms in total. The number of anilines is 1. The van der Waals surface area contributed by atoms with Crippen LogP contribution in [0.25, 0.3) is 22.8 Å². The highest BCUT2D eigenvalue weighted by Crippen LogP contribution is 2.31. The normalized spacial score (nSPS) is 10.5. The molecule has 0 atom stereocenters. The van der Waals surface area contributed by atoms with Gasteiger partial charge in [-0.25, -0.2) is 0 Å². The standard InChI is InChI=1S/C17H16N4O4/c1-3-18-14-9-6-12(10-15(14)21(22)23)17-19-16(20-25-17)11-4-7-13(24-2)8-5-11/h4-10,18H,3H2,1-2H3. The Bertz CT molecular complexity index is 890. The second kappa shape index (κ2) is 7.00. The van der Waals surface area contributed by atoms with Crippen molar-refractivity contribution >= 4 is 11.4 Å². The van der Waals surface area contributed by atoms with Gasteiger partial charge in [0.2, 0.25) is 5.82 Å². The van der Waals surface area contributed by atoms with E-state index in [0.717, 1.165) is 11.3 Å². The van der Waals surface area contributed by atoms with E-state index in [9.17, 15) is 10.1 Å². The van der Waals surface area contributed by atoms with Gasteiger partial charge >= 0.3 is 0 Å². The number of nitrogens with zero attached hydrogens (tertiary/aromatic N) is 3. The second-order valence-electron chi connectivity index (χ2n) is 5.17. The van der Waals surface area contributed by atoms with Gasteiger partial charge in [0.25, 0.3) is 11.6 Å². The highest BCUT2D eigenvalue weighted by Gasteiger charge is 2.18. The fraction of sp³-hybridized carbons (Fsp3) is 0.176. The molecule has 0 fully saturated rings. The summed E-state index contributed by atoms with van der Waals surface area (Å²) >= 11 is 0. The van der Waals surface area contributed by atoms with Crippen LogP contribution in [0.2, 0.25) is 0 Å². The lowest BCUT2D eigenvalue weighted by atomic mass is 10.1. The Morgan fingerprint density at radius 3 is 2.56 bits per heavy atom. The minimum Gasteiger partial charge on any atom is -0.497 e. The topological polar surface area (TPSA) is 103 Å². The molecule has 3 aromatic rings. The van der Waals surface area contributed by atoms with Crippen LogP contribution in [0.3, 0.4) is 0 Å². The molecule has 0 unspecified atom stereocenters. The molecular formula is C17H16N4O4. The Morgan fingerprint density at radius 1 is 1.20 bits per heavy atom. The van der Waals surface area contributed by atoms with Crippen molar-refractivity contribution in [2.75, 3.05) is 19.0 Å². The monoisotopic (exact) mass is 340 g/mol. The zero-order valence-corrected chi connectivity index (χ0v) is 13.7. The lowest BCUT2D eigenvalue weighted by Crippen LogP contribution is -2.01. The molecule has 0 aliphatic heterocycles. The molecule has 0 saturated carbocycles. The molecule has 0 spiro atoms. The number of nitro groups is 1. The van der Waals surface area contributed by atoms with E-state index in [1.165, 1.54) is 6.07 Å². The molecule has 0 aliphatic carbocycles. The minimum atomic E-state index is -0.442. The van der Waals surface area contributed by atoms with Crippen molar-refractivity contribution in [2.45, 2.75) is 6.92 Å². The maximum absolute atomic E-state index is 11.3. The number of nitrogens with one attached hydrogen (secondary N) is 1. The molecule has 8 heteroatoms. The molecule has 2 aromatic carbocycles. The molecule has 0 amide bonds. The van der Waals surface area contributed by atoms with E-state index in [1.54, 1.807) is 31.4 Å². The van der Waals surface area contributed by atoms with Gasteiger partial charge in [0.15, 0.2) is 0 Å². The van der Waals surface area contributed by atoms with Crippen LogP contribution < -0.4 is 10.1 Å². The zero-order chi connectivity index (χ0) is 17.8. The van der Waals surface area contributed by atoms with Crippen LogP contribution in [-0.2, 0) is 0 Å². The van der Waals surface area contributed by atoms with E-state index in [4.69, 9.17) is 9.26 Å². The number of benzene rings is 2. The summed E-state index contributed by atoms with van der Waals surface area (Å²) < 4.78 is 10.4. The first-order chi connectivity index (χ1) is 12.1. The number of nitro benzene ring substituents is 1. The number of hydrogen-bond donors (Lipinski definition) is 1. The summed E-state index contributed by atoms with van der Waals surface area (Å²) in [5.74, 6) is 1.34. The van der Waals surface area contributed by atoms with Gasteiger partial charge in [-0.15, -0.1) is 0 Å². The van der Waals surface area contributed by atoms with E-state index >= 15 is 0 Å². The molecule has 25 heavy (non-hydrogen) atoms. The van der Waals surface area contributed by atoms with Gasteiger partial charge in [-0.05, 0) is 43.3 Å². The number of methoxy groups -OCH3 is 1. The molecule has 128 valence electrons. The van der Waals surface area contributed by atoms with E-state index in [2.05, 4.69) is 15.5 Å². The van der Waals surface area contributed by atoms with Gasteiger partial charge in [0.1, 0.15) is 11.4 Å². The van der Waals surface area contributed by atoms with E-state index in [1.807, 2.05) is 19.1 Å². The minimum absolute atomic E-state index is 0.0384. The lowest BCUT2D eigenvalue weighted by molar-refractivity contribution is -0.383. The Morgan fingerprint density at radius 2 is 1.92 bits per heavy atom. The Balaban J connectivity index is 1.93. The molecule has 1 N–H and O–H groups in total. The average molecular weight is 340 g/mol. The predicted molar refractivity (Wildman–Crippen MR) is 92.5 cm³/mol. The van der Waals surface area contributed by atoms with Crippen molar-refractivity contribution in [3.8, 4) is 28.6 Å². The number of hydrogen-bond acceptors (Lipinski definition) is 7. The van der Waals surface area contributed by atoms with E-state index < -0.39 is 4.92 Å². The molecule has 0 bridgehead atoms. The molecule has 0 saturated heterocycles. The summed E-state index contributed by atoms with van der Waals surface area (Å²) in [6.45, 7) is 2.46. The smallest absolute Gasteiger partial charge is 0.293 e. The molecule has 0 radical (unpaired) electrons. The van der Waals surface area contributed by atoms with Crippen LogP contribution >= 0.6 is 0 Å². The average Bonchev–Trinajstić information content (AvgIpc) is 3.12. The summed E-state index contributed by atoms with van der Waals surface area (Å²) in [6.07, 6.45) is 0. The van der Waals surface area contributed by atoms with Crippen LogP contribution in [0.4, 0.5) is 11.4 Å². The van der Waals surface area contributed by atoms with Crippen molar-refractivity contribution in [1.29, 1.82) is 0 Å². The summed E-state index contributed by atoms with van der Waals surface area (Å²) in [5.41, 5.74) is 1.66. The van der Waals surface area contributed by atoms with Gasteiger partial charge in [-0.3, -0.25) is 10.1 Å². The van der Waals surface area contributed by atoms with Crippen LogP contribution in [0.1, 0.15) is 6.92 Å². The maximum atomic E-state index is 11.3. The molecule has 1 heterocycles. The van der Waals surface area contributed by atoms with Crippen LogP contribution in [0.15, 0.2) is 47.0 Å². The zero-order valence-electron chi connectivity index (χ0n) is 13.7. The first kappa shape index (κ1) is 16.4. The number of ether oxygens (including phenoxy) is 1. The van der Waals surface area contributed by atoms with Crippen molar-refractivity contribution in [1.82, 2.24) is 10.1 Å². The summed E-state index contributed by atoms with van der Waals surface area (Å²) in [6, 6.07) is 12.0. The Labute approximate surface area is 143 Å². The van der Waals surface area contributed by atoms with Crippen LogP contribution in [0.5, 0.6) is 5.75 Å². The highest BCUT2D eigenvalue weighted by molar-refractivity contribution is 5.70. The summed E-state index contributed by atoms with van der Waals surface area (Å²) in [7, 11) is 1.59. The predicted octanol–water partition coefficient (Wildman–Crippen LogP) is 3.75. The van der Waals surface area contributed by atoms with Crippen molar-refractivity contribution in [3.63, 3.8) is 0 Å². The van der Waals surface area contributed by atoms with Gasteiger partial charge < -0.3 is 14.6 Å². The summed E-state index contributed by atoms with van der Waals surface area (Å²) in [5, 5.41) is 18.2. The van der Waals surface area contributed by atoms with Crippen LogP contribution in [-0.4, -0.2) is 28.7 Å². The van der Waals surface area contributed by atoms with Gasteiger partial charge in [-0.1, -0.05) is 5.16 Å². The van der Waals surface area contributed by atoms with Crippen molar-refractivity contribution < 1.29 is 14.2 Å². The second-order valence-corrected chi connectivity index (χ2v) is 5.17. The molecule has 1 aromatic heterocycles. The van der Waals surface area contributed by atoms with Crippen LogP contribution in [0, 0.1) is 10.1 Å². The van der Waals surface area contributed by atoms with Gasteiger partial charge in [-0.2, -0.15) is 4.98 Å². The van der Waals surface area contributed by atoms with E-state index in [0.29, 0.717) is 23.6 Å². The van der Waals surface area contributed by atoms with Gasteiger partial charge in [0, 0.05) is 23.7 Å². The third kappa shape index (κ3) is 3.42. The largest absolute Gasteiger partial charge is 0.497 e. The third-order valence-electron chi connectivity index (χ3n) is 3.58. The first-order valence-electron chi connectivity index (χ1n) is 7.63. The molecule has 3 rings (SSSR count). The third-order valence-corrected chi connectivity index (χ3v) is 3.58.